The second-order valence-electron chi connectivity index (χ2n) is 6.19. The number of nitrogens with one attached hydrogen (secondary N) is 2. The van der Waals surface area contributed by atoms with Crippen LogP contribution in [0.15, 0.2) is 54.9 Å². The van der Waals surface area contributed by atoms with Gasteiger partial charge in [-0.3, -0.25) is 0 Å². The van der Waals surface area contributed by atoms with E-state index in [0.29, 0.717) is 21.9 Å². The zero-order valence-corrected chi connectivity index (χ0v) is 15.6. The van der Waals surface area contributed by atoms with E-state index in [1.54, 1.807) is 25.1 Å². The number of aromatic nitrogens is 2. The van der Waals surface area contributed by atoms with Crippen LogP contribution in [0.5, 0.6) is 0 Å². The van der Waals surface area contributed by atoms with Crippen molar-refractivity contribution in [3.05, 3.63) is 60.4 Å². The highest BCUT2D eigenvalue weighted by Crippen LogP contribution is 2.26. The zero-order chi connectivity index (χ0) is 20.1. The van der Waals surface area contributed by atoms with Crippen LogP contribution in [0.4, 0.5) is 21.1 Å². The maximum Gasteiger partial charge on any atom is 0.415 e. The van der Waals surface area contributed by atoms with Crippen LogP contribution in [0, 0.1) is 0 Å². The topological polar surface area (TPSA) is 107 Å². The van der Waals surface area contributed by atoms with Crippen molar-refractivity contribution < 1.29 is 14.7 Å². The first-order chi connectivity index (χ1) is 13.5. The number of carboxylic acid groups (broad SMARTS) is 1. The lowest BCUT2D eigenvalue weighted by molar-refractivity contribution is 0.154. The average Bonchev–Trinajstić information content (AvgIpc) is 2.69. The van der Waals surface area contributed by atoms with Crippen LogP contribution < -0.4 is 10.6 Å². The molecule has 0 radical (unpaired) electrons. The van der Waals surface area contributed by atoms with Gasteiger partial charge in [0.2, 0.25) is 0 Å². The van der Waals surface area contributed by atoms with Gasteiger partial charge in [-0.1, -0.05) is 30.3 Å². The van der Waals surface area contributed by atoms with Gasteiger partial charge < -0.3 is 15.7 Å². The Hall–Kier alpha value is -3.68. The molecule has 8 nitrogen and oxygen atoms in total. The summed E-state index contributed by atoms with van der Waals surface area (Å²) in [6.45, 7) is 3.68. The van der Waals surface area contributed by atoms with Gasteiger partial charge in [-0.15, -0.1) is 0 Å². The Morgan fingerprint density at radius 1 is 1.14 bits per heavy atom. The minimum atomic E-state index is -1.30. The van der Waals surface area contributed by atoms with Gasteiger partial charge in [0.05, 0.1) is 5.52 Å². The van der Waals surface area contributed by atoms with Crippen LogP contribution in [0.3, 0.4) is 0 Å². The number of hydrogen-bond donors (Lipinski definition) is 3. The summed E-state index contributed by atoms with van der Waals surface area (Å²) in [4.78, 5) is 32.6. The molecule has 3 rings (SSSR count). The van der Waals surface area contributed by atoms with Crippen LogP contribution in [-0.4, -0.2) is 38.6 Å². The lowest BCUT2D eigenvalue weighted by atomic mass is 10.1. The van der Waals surface area contributed by atoms with Gasteiger partial charge >= 0.3 is 12.1 Å². The van der Waals surface area contributed by atoms with Crippen molar-refractivity contribution in [2.24, 2.45) is 0 Å². The van der Waals surface area contributed by atoms with Gasteiger partial charge in [0.25, 0.3) is 0 Å². The van der Waals surface area contributed by atoms with E-state index >= 15 is 0 Å². The molecule has 0 saturated heterocycles. The number of fused-ring (bicyclic) bond motifs is 1. The molecule has 8 heteroatoms. The Labute approximate surface area is 162 Å². The molecule has 3 aromatic rings. The largest absolute Gasteiger partial charge is 0.465 e. The first kappa shape index (κ1) is 19.1. The second-order valence-corrected chi connectivity index (χ2v) is 6.19. The Bertz CT molecular complexity index is 994. The predicted molar refractivity (Wildman–Crippen MR) is 107 cm³/mol. The van der Waals surface area contributed by atoms with E-state index < -0.39 is 12.1 Å². The third-order valence-corrected chi connectivity index (χ3v) is 4.33. The lowest BCUT2D eigenvalue weighted by Crippen LogP contribution is -2.38. The van der Waals surface area contributed by atoms with Crippen molar-refractivity contribution in [1.82, 2.24) is 14.9 Å². The number of amides is 3. The molecular formula is C20H21N5O3. The maximum absolute atomic E-state index is 12.2. The quantitative estimate of drug-likeness (QED) is 0.609. The minimum Gasteiger partial charge on any atom is -0.465 e. The molecule has 3 amide bonds. The molecule has 1 heterocycles. The van der Waals surface area contributed by atoms with Crippen LogP contribution in [-0.2, 0) is 0 Å². The molecule has 0 aliphatic carbocycles. The fraction of sp³-hybridized carbons (Fsp3) is 0.200. The molecule has 2 aromatic carbocycles. The molecule has 0 bridgehead atoms. The number of nitrogens with zero attached hydrogens (tertiary/aromatic N) is 3. The minimum absolute atomic E-state index is 0.0140. The van der Waals surface area contributed by atoms with Crippen molar-refractivity contribution in [3.63, 3.8) is 0 Å². The molecule has 0 spiro atoms. The fourth-order valence-electron chi connectivity index (χ4n) is 2.84. The number of anilines is 2. The lowest BCUT2D eigenvalue weighted by Gasteiger charge is -2.18. The van der Waals surface area contributed by atoms with E-state index in [1.807, 2.05) is 37.3 Å². The number of urea groups is 1. The van der Waals surface area contributed by atoms with Gasteiger partial charge in [-0.25, -0.2) is 24.5 Å². The van der Waals surface area contributed by atoms with E-state index in [1.165, 1.54) is 6.33 Å². The van der Waals surface area contributed by atoms with Crippen molar-refractivity contribution in [3.8, 4) is 0 Å². The Morgan fingerprint density at radius 2 is 1.89 bits per heavy atom. The Balaban J connectivity index is 1.87. The van der Waals surface area contributed by atoms with Crippen molar-refractivity contribution in [1.29, 1.82) is 0 Å². The highest BCUT2D eigenvalue weighted by Gasteiger charge is 2.19. The summed E-state index contributed by atoms with van der Waals surface area (Å²) in [6.07, 6.45) is 0.173. The summed E-state index contributed by atoms with van der Waals surface area (Å²) in [5, 5.41) is 15.8. The maximum atomic E-state index is 12.2. The zero-order valence-electron chi connectivity index (χ0n) is 15.6. The summed E-state index contributed by atoms with van der Waals surface area (Å²) in [7, 11) is 0. The van der Waals surface area contributed by atoms with Gasteiger partial charge in [0.15, 0.2) is 0 Å². The Morgan fingerprint density at radius 3 is 2.57 bits per heavy atom. The standard InChI is InChI=1S/C20H21N5O3/c1-3-25(20(27)28)19(26)24-15-9-10-17-16(11-15)18(22-12-21-17)23-13(2)14-7-5-4-6-8-14/h4-13H,3H2,1-2H3,(H,24,26)(H,27,28)(H,21,22,23). The van der Waals surface area contributed by atoms with Crippen molar-refractivity contribution >= 4 is 34.5 Å². The third-order valence-electron chi connectivity index (χ3n) is 4.33. The predicted octanol–water partition coefficient (Wildman–Crippen LogP) is 4.33. The highest BCUT2D eigenvalue weighted by atomic mass is 16.4. The molecule has 3 N–H and O–H groups in total. The number of carbonyl (C=O) groups is 2. The van der Waals surface area contributed by atoms with Gasteiger partial charge in [0, 0.05) is 23.7 Å². The van der Waals surface area contributed by atoms with E-state index in [0.717, 1.165) is 10.9 Å². The van der Waals surface area contributed by atoms with E-state index in [2.05, 4.69) is 20.6 Å². The molecule has 0 aliphatic rings. The smallest absolute Gasteiger partial charge is 0.415 e. The summed E-state index contributed by atoms with van der Waals surface area (Å²) >= 11 is 0. The van der Waals surface area contributed by atoms with Crippen molar-refractivity contribution in [2.45, 2.75) is 19.9 Å². The second kappa shape index (κ2) is 8.34. The molecule has 0 aliphatic heterocycles. The van der Waals surface area contributed by atoms with Gasteiger partial charge in [-0.05, 0) is 37.6 Å². The third kappa shape index (κ3) is 4.17. The van der Waals surface area contributed by atoms with Crippen LogP contribution in [0.2, 0.25) is 0 Å². The number of hydrogen-bond acceptors (Lipinski definition) is 5. The molecule has 144 valence electrons. The van der Waals surface area contributed by atoms with Crippen LogP contribution in [0.1, 0.15) is 25.5 Å². The fourth-order valence-corrected chi connectivity index (χ4v) is 2.84. The number of benzene rings is 2. The molecule has 28 heavy (non-hydrogen) atoms. The molecule has 1 aromatic heterocycles. The average molecular weight is 379 g/mol. The Kier molecular flexibility index (Phi) is 5.69. The van der Waals surface area contributed by atoms with Crippen molar-refractivity contribution in [2.75, 3.05) is 17.2 Å². The molecule has 0 saturated carbocycles. The summed E-state index contributed by atoms with van der Waals surface area (Å²) in [5.74, 6) is 0.628. The summed E-state index contributed by atoms with van der Waals surface area (Å²) in [6, 6.07) is 14.4. The number of rotatable bonds is 5. The summed E-state index contributed by atoms with van der Waals surface area (Å²) in [5.41, 5.74) is 2.28. The van der Waals surface area contributed by atoms with Crippen LogP contribution in [0.25, 0.3) is 10.9 Å². The number of carbonyl (C=O) groups excluding carboxylic acids is 1. The van der Waals surface area contributed by atoms with Gasteiger partial charge in [-0.2, -0.15) is 0 Å². The monoisotopic (exact) mass is 379 g/mol. The molecule has 1 atom stereocenters. The molecular weight excluding hydrogens is 358 g/mol. The molecule has 1 unspecified atom stereocenters. The first-order valence-electron chi connectivity index (χ1n) is 8.87. The SMILES string of the molecule is CCN(C(=O)O)C(=O)Nc1ccc2ncnc(NC(C)c3ccccc3)c2c1. The van der Waals surface area contributed by atoms with Gasteiger partial charge in [0.1, 0.15) is 12.1 Å². The van der Waals surface area contributed by atoms with Crippen LogP contribution >= 0.6 is 0 Å². The highest BCUT2D eigenvalue weighted by molar-refractivity contribution is 6.00. The first-order valence-corrected chi connectivity index (χ1v) is 8.87. The normalized spacial score (nSPS) is 11.6. The summed E-state index contributed by atoms with van der Waals surface area (Å²) < 4.78 is 0. The molecule has 0 fully saturated rings. The van der Waals surface area contributed by atoms with E-state index in [-0.39, 0.29) is 12.6 Å². The van der Waals surface area contributed by atoms with E-state index in [9.17, 15) is 9.59 Å². The number of imide groups is 1. The van der Waals surface area contributed by atoms with E-state index in [4.69, 9.17) is 5.11 Å².